The van der Waals surface area contributed by atoms with Crippen molar-refractivity contribution >= 4 is 12.6 Å². The first kappa shape index (κ1) is 10.8. The van der Waals surface area contributed by atoms with Crippen molar-refractivity contribution in [3.05, 3.63) is 0 Å². The quantitative estimate of drug-likeness (QED) is 0.632. The fraction of sp³-hybridized carbons (Fsp3) is 0.889. The Bertz CT molecular complexity index is 128. The summed E-state index contributed by atoms with van der Waals surface area (Å²) < 4.78 is 0. The van der Waals surface area contributed by atoms with Crippen molar-refractivity contribution in [2.75, 3.05) is 5.75 Å². The van der Waals surface area contributed by atoms with Crippen LogP contribution >= 0.6 is 12.6 Å². The van der Waals surface area contributed by atoms with Gasteiger partial charge in [-0.1, -0.05) is 26.7 Å². The van der Waals surface area contributed by atoms with Crippen LogP contribution in [0.1, 0.15) is 33.1 Å². The van der Waals surface area contributed by atoms with Crippen LogP contribution in [0.3, 0.4) is 0 Å². The Balaban J connectivity index is 3.55. The summed E-state index contributed by atoms with van der Waals surface area (Å²) >= 11 is 4.12. The zero-order valence-corrected chi connectivity index (χ0v) is 8.27. The van der Waals surface area contributed by atoms with Gasteiger partial charge in [-0.2, -0.15) is 17.9 Å². The first-order chi connectivity index (χ1) is 5.24. The standard InChI is InChI=1S/C9H17NS/c1-3-4-8(2)5-9(6-10)7-11/h8-9,11H,3-5,7H2,1-2H3. The molecule has 0 aromatic rings. The molecule has 0 amide bonds. The second kappa shape index (κ2) is 6.54. The molecule has 11 heavy (non-hydrogen) atoms. The third-order valence-electron chi connectivity index (χ3n) is 1.87. The van der Waals surface area contributed by atoms with E-state index in [1.165, 1.54) is 12.8 Å². The van der Waals surface area contributed by atoms with E-state index in [9.17, 15) is 0 Å². The summed E-state index contributed by atoms with van der Waals surface area (Å²) in [7, 11) is 0. The van der Waals surface area contributed by atoms with Gasteiger partial charge in [0.25, 0.3) is 0 Å². The highest BCUT2D eigenvalue weighted by Crippen LogP contribution is 2.16. The number of nitrogens with zero attached hydrogens (tertiary/aromatic N) is 1. The topological polar surface area (TPSA) is 23.8 Å². The fourth-order valence-electron chi connectivity index (χ4n) is 1.26. The molecule has 0 aliphatic carbocycles. The van der Waals surface area contributed by atoms with Gasteiger partial charge in [0.15, 0.2) is 0 Å². The average Bonchev–Trinajstić information content (AvgIpc) is 2.01. The van der Waals surface area contributed by atoms with E-state index in [2.05, 4.69) is 32.5 Å². The number of thiol groups is 1. The molecule has 0 heterocycles. The monoisotopic (exact) mass is 171 g/mol. The second-order valence-corrected chi connectivity index (χ2v) is 3.50. The summed E-state index contributed by atoms with van der Waals surface area (Å²) in [5.41, 5.74) is 0. The van der Waals surface area contributed by atoms with Crippen molar-refractivity contribution in [1.29, 1.82) is 5.26 Å². The second-order valence-electron chi connectivity index (χ2n) is 3.14. The van der Waals surface area contributed by atoms with Crippen LogP contribution in [0.5, 0.6) is 0 Å². The third-order valence-corrected chi connectivity index (χ3v) is 2.31. The Kier molecular flexibility index (Phi) is 6.45. The summed E-state index contributed by atoms with van der Waals surface area (Å²) in [4.78, 5) is 0. The van der Waals surface area contributed by atoms with Crippen molar-refractivity contribution in [2.24, 2.45) is 11.8 Å². The number of hydrogen-bond donors (Lipinski definition) is 1. The highest BCUT2D eigenvalue weighted by atomic mass is 32.1. The van der Waals surface area contributed by atoms with Crippen LogP contribution in [-0.4, -0.2) is 5.75 Å². The van der Waals surface area contributed by atoms with E-state index in [4.69, 9.17) is 5.26 Å². The maximum absolute atomic E-state index is 8.64. The lowest BCUT2D eigenvalue weighted by molar-refractivity contribution is 0.442. The highest BCUT2D eigenvalue weighted by Gasteiger charge is 2.09. The molecule has 0 rings (SSSR count). The zero-order valence-electron chi connectivity index (χ0n) is 7.38. The maximum Gasteiger partial charge on any atom is 0.0664 e. The lowest BCUT2D eigenvalue weighted by atomic mass is 9.95. The van der Waals surface area contributed by atoms with Crippen molar-refractivity contribution in [1.82, 2.24) is 0 Å². The summed E-state index contributed by atoms with van der Waals surface area (Å²) in [6.45, 7) is 4.38. The minimum atomic E-state index is 0.153. The van der Waals surface area contributed by atoms with Crippen LogP contribution in [0, 0.1) is 23.2 Å². The van der Waals surface area contributed by atoms with E-state index < -0.39 is 0 Å². The van der Waals surface area contributed by atoms with Crippen LogP contribution in [0.4, 0.5) is 0 Å². The maximum atomic E-state index is 8.64. The Morgan fingerprint density at radius 2 is 2.18 bits per heavy atom. The van der Waals surface area contributed by atoms with E-state index in [1.807, 2.05) is 0 Å². The van der Waals surface area contributed by atoms with Crippen LogP contribution in [0.2, 0.25) is 0 Å². The van der Waals surface area contributed by atoms with E-state index in [-0.39, 0.29) is 5.92 Å². The summed E-state index contributed by atoms with van der Waals surface area (Å²) in [6.07, 6.45) is 3.45. The van der Waals surface area contributed by atoms with Gasteiger partial charge in [-0.15, -0.1) is 0 Å². The minimum Gasteiger partial charge on any atom is -0.198 e. The predicted octanol–water partition coefficient (Wildman–Crippen LogP) is 2.88. The molecule has 2 atom stereocenters. The largest absolute Gasteiger partial charge is 0.198 e. The molecule has 0 spiro atoms. The van der Waals surface area contributed by atoms with Gasteiger partial charge in [0, 0.05) is 5.75 Å². The lowest BCUT2D eigenvalue weighted by Crippen LogP contribution is -2.05. The van der Waals surface area contributed by atoms with E-state index >= 15 is 0 Å². The van der Waals surface area contributed by atoms with E-state index in [1.54, 1.807) is 0 Å². The molecule has 0 aromatic carbocycles. The molecule has 0 radical (unpaired) electrons. The lowest BCUT2D eigenvalue weighted by Gasteiger charge is -2.11. The van der Waals surface area contributed by atoms with Gasteiger partial charge in [0.05, 0.1) is 12.0 Å². The van der Waals surface area contributed by atoms with Crippen molar-refractivity contribution in [3.63, 3.8) is 0 Å². The van der Waals surface area contributed by atoms with Crippen LogP contribution in [0.15, 0.2) is 0 Å². The summed E-state index contributed by atoms with van der Waals surface area (Å²) in [5.74, 6) is 1.53. The number of nitriles is 1. The molecular weight excluding hydrogens is 154 g/mol. The summed E-state index contributed by atoms with van der Waals surface area (Å²) in [5, 5.41) is 8.64. The molecule has 1 nitrogen and oxygen atoms in total. The molecule has 0 aromatic heterocycles. The fourth-order valence-corrected chi connectivity index (χ4v) is 1.50. The average molecular weight is 171 g/mol. The van der Waals surface area contributed by atoms with Crippen LogP contribution < -0.4 is 0 Å². The Labute approximate surface area is 75.2 Å². The van der Waals surface area contributed by atoms with E-state index in [0.29, 0.717) is 11.7 Å². The molecule has 0 aliphatic heterocycles. The SMILES string of the molecule is CCCC(C)CC(C#N)CS. The van der Waals surface area contributed by atoms with Crippen LogP contribution in [-0.2, 0) is 0 Å². The van der Waals surface area contributed by atoms with Gasteiger partial charge in [-0.25, -0.2) is 0 Å². The molecule has 64 valence electrons. The first-order valence-electron chi connectivity index (χ1n) is 4.25. The van der Waals surface area contributed by atoms with Gasteiger partial charge < -0.3 is 0 Å². The van der Waals surface area contributed by atoms with Gasteiger partial charge in [0.2, 0.25) is 0 Å². The molecule has 0 N–H and O–H groups in total. The van der Waals surface area contributed by atoms with Gasteiger partial charge >= 0.3 is 0 Å². The smallest absolute Gasteiger partial charge is 0.0664 e. The Hall–Kier alpha value is -0.160. The molecule has 0 bridgehead atoms. The molecule has 2 heteroatoms. The molecule has 0 fully saturated rings. The molecule has 0 saturated carbocycles. The Morgan fingerprint density at radius 1 is 1.55 bits per heavy atom. The summed E-state index contributed by atoms with van der Waals surface area (Å²) in [6, 6.07) is 2.26. The van der Waals surface area contributed by atoms with Gasteiger partial charge in [-0.05, 0) is 12.3 Å². The van der Waals surface area contributed by atoms with E-state index in [0.717, 1.165) is 6.42 Å². The zero-order chi connectivity index (χ0) is 8.69. The van der Waals surface area contributed by atoms with Crippen LogP contribution in [0.25, 0.3) is 0 Å². The normalized spacial score (nSPS) is 15.5. The third kappa shape index (κ3) is 5.15. The van der Waals surface area contributed by atoms with Crippen molar-refractivity contribution in [2.45, 2.75) is 33.1 Å². The molecular formula is C9H17NS. The molecule has 2 unspecified atom stereocenters. The first-order valence-corrected chi connectivity index (χ1v) is 4.88. The number of hydrogen-bond acceptors (Lipinski definition) is 2. The van der Waals surface area contributed by atoms with Crippen molar-refractivity contribution in [3.8, 4) is 6.07 Å². The minimum absolute atomic E-state index is 0.153. The predicted molar refractivity (Wildman–Crippen MR) is 51.6 cm³/mol. The van der Waals surface area contributed by atoms with Gasteiger partial charge in [-0.3, -0.25) is 0 Å². The molecule has 0 aliphatic rings. The highest BCUT2D eigenvalue weighted by molar-refractivity contribution is 7.80. The van der Waals surface area contributed by atoms with Crippen molar-refractivity contribution < 1.29 is 0 Å². The molecule has 0 saturated heterocycles. The Morgan fingerprint density at radius 3 is 2.55 bits per heavy atom. The number of rotatable bonds is 5. The van der Waals surface area contributed by atoms with Gasteiger partial charge in [0.1, 0.15) is 0 Å².